The number of aromatic nitrogens is 2. The Labute approximate surface area is 101 Å². The number of anilines is 1. The summed E-state index contributed by atoms with van der Waals surface area (Å²) in [7, 11) is 1.85. The number of aryl methyl sites for hydroxylation is 2. The number of nitrogens with two attached hydrogens (primary N) is 1. The van der Waals surface area contributed by atoms with Crippen molar-refractivity contribution in [2.45, 2.75) is 13.8 Å². The maximum absolute atomic E-state index is 9.02. The SMILES string of the molecule is CCN(CCO)c1c(C(N)=S)c(C)nn1C. The molecule has 0 spiro atoms. The van der Waals surface area contributed by atoms with Gasteiger partial charge in [-0.1, -0.05) is 12.2 Å². The molecule has 1 aromatic heterocycles. The molecular formula is C10H18N4OS. The van der Waals surface area contributed by atoms with Gasteiger partial charge in [0.2, 0.25) is 0 Å². The first kappa shape index (κ1) is 12.9. The Balaban J connectivity index is 3.24. The summed E-state index contributed by atoms with van der Waals surface area (Å²) in [6, 6.07) is 0. The molecule has 0 saturated heterocycles. The second-order valence-electron chi connectivity index (χ2n) is 3.58. The summed E-state index contributed by atoms with van der Waals surface area (Å²) in [5, 5.41) is 13.3. The molecule has 3 N–H and O–H groups in total. The molecule has 0 amide bonds. The Morgan fingerprint density at radius 1 is 1.62 bits per heavy atom. The van der Waals surface area contributed by atoms with Gasteiger partial charge in [-0.25, -0.2) is 0 Å². The Morgan fingerprint density at radius 3 is 2.69 bits per heavy atom. The third-order valence-electron chi connectivity index (χ3n) is 2.49. The first-order chi connectivity index (χ1) is 7.52. The summed E-state index contributed by atoms with van der Waals surface area (Å²) in [6.45, 7) is 5.31. The average Bonchev–Trinajstić information content (AvgIpc) is 2.50. The fourth-order valence-electron chi connectivity index (χ4n) is 1.83. The molecule has 1 aromatic rings. The van der Waals surface area contributed by atoms with Gasteiger partial charge in [-0.2, -0.15) is 5.10 Å². The molecule has 0 aliphatic rings. The highest BCUT2D eigenvalue weighted by Crippen LogP contribution is 2.22. The van der Waals surface area contributed by atoms with Crippen LogP contribution in [0.2, 0.25) is 0 Å². The van der Waals surface area contributed by atoms with Crippen molar-refractivity contribution in [3.63, 3.8) is 0 Å². The molecule has 0 fully saturated rings. The van der Waals surface area contributed by atoms with Crippen LogP contribution in [0.25, 0.3) is 0 Å². The zero-order chi connectivity index (χ0) is 12.3. The molecule has 1 rings (SSSR count). The minimum atomic E-state index is 0.0921. The average molecular weight is 242 g/mol. The second-order valence-corrected chi connectivity index (χ2v) is 4.01. The summed E-state index contributed by atoms with van der Waals surface area (Å²) in [5.74, 6) is 0.876. The van der Waals surface area contributed by atoms with Crippen LogP contribution in [-0.2, 0) is 7.05 Å². The number of hydrogen-bond donors (Lipinski definition) is 2. The van der Waals surface area contributed by atoms with Crippen LogP contribution < -0.4 is 10.6 Å². The Morgan fingerprint density at radius 2 is 2.25 bits per heavy atom. The van der Waals surface area contributed by atoms with E-state index >= 15 is 0 Å². The van der Waals surface area contributed by atoms with Gasteiger partial charge in [0, 0.05) is 20.1 Å². The number of nitrogens with zero attached hydrogens (tertiary/aromatic N) is 3. The zero-order valence-electron chi connectivity index (χ0n) is 9.90. The van der Waals surface area contributed by atoms with E-state index in [2.05, 4.69) is 5.10 Å². The molecule has 16 heavy (non-hydrogen) atoms. The molecule has 1 heterocycles. The van der Waals surface area contributed by atoms with Crippen molar-refractivity contribution >= 4 is 23.0 Å². The molecule has 0 aliphatic carbocycles. The first-order valence-electron chi connectivity index (χ1n) is 5.22. The smallest absolute Gasteiger partial charge is 0.137 e. The number of aliphatic hydroxyl groups excluding tert-OH is 1. The molecule has 0 atom stereocenters. The third kappa shape index (κ3) is 2.33. The molecule has 5 nitrogen and oxygen atoms in total. The van der Waals surface area contributed by atoms with Gasteiger partial charge < -0.3 is 15.7 Å². The lowest BCUT2D eigenvalue weighted by Gasteiger charge is -2.23. The Hall–Kier alpha value is -1.14. The fourth-order valence-corrected chi connectivity index (χ4v) is 2.07. The van der Waals surface area contributed by atoms with Gasteiger partial charge in [0.25, 0.3) is 0 Å². The number of rotatable bonds is 5. The number of likely N-dealkylation sites (N-methyl/N-ethyl adjacent to an activating group) is 1. The van der Waals surface area contributed by atoms with E-state index in [0.717, 1.165) is 23.6 Å². The molecular weight excluding hydrogens is 224 g/mol. The van der Waals surface area contributed by atoms with Crippen LogP contribution in [0.4, 0.5) is 5.82 Å². The highest BCUT2D eigenvalue weighted by molar-refractivity contribution is 7.80. The number of aliphatic hydroxyl groups is 1. The molecule has 0 bridgehead atoms. The normalized spacial score (nSPS) is 10.5. The lowest BCUT2D eigenvalue weighted by atomic mass is 10.2. The predicted molar refractivity (Wildman–Crippen MR) is 68.8 cm³/mol. The number of thiocarbonyl (C=S) groups is 1. The van der Waals surface area contributed by atoms with E-state index in [1.54, 1.807) is 4.68 Å². The van der Waals surface area contributed by atoms with Crippen LogP contribution in [0.5, 0.6) is 0 Å². The standard InChI is InChI=1S/C10H18N4OS/c1-4-14(5-6-15)10-8(9(11)16)7(2)12-13(10)3/h15H,4-6H2,1-3H3,(H2,11,16). The van der Waals surface area contributed by atoms with E-state index in [9.17, 15) is 0 Å². The van der Waals surface area contributed by atoms with E-state index < -0.39 is 0 Å². The molecule has 6 heteroatoms. The van der Waals surface area contributed by atoms with Crippen LogP contribution in [0.1, 0.15) is 18.2 Å². The van der Waals surface area contributed by atoms with Crippen molar-refractivity contribution in [1.82, 2.24) is 9.78 Å². The fraction of sp³-hybridized carbons (Fsp3) is 0.600. The summed E-state index contributed by atoms with van der Waals surface area (Å²) < 4.78 is 1.75. The lowest BCUT2D eigenvalue weighted by Crippen LogP contribution is -2.30. The van der Waals surface area contributed by atoms with Crippen LogP contribution >= 0.6 is 12.2 Å². The summed E-state index contributed by atoms with van der Waals surface area (Å²) in [5.41, 5.74) is 7.33. The van der Waals surface area contributed by atoms with Gasteiger partial charge in [0.15, 0.2) is 0 Å². The van der Waals surface area contributed by atoms with Crippen molar-refractivity contribution in [3.05, 3.63) is 11.3 Å². The summed E-state index contributed by atoms with van der Waals surface area (Å²) in [6.07, 6.45) is 0. The van der Waals surface area contributed by atoms with E-state index in [1.165, 1.54) is 0 Å². The zero-order valence-corrected chi connectivity index (χ0v) is 10.7. The van der Waals surface area contributed by atoms with Crippen molar-refractivity contribution in [3.8, 4) is 0 Å². The molecule has 90 valence electrons. The highest BCUT2D eigenvalue weighted by Gasteiger charge is 2.19. The van der Waals surface area contributed by atoms with Gasteiger partial charge >= 0.3 is 0 Å². The Kier molecular flexibility index (Phi) is 4.26. The molecule has 0 unspecified atom stereocenters. The first-order valence-corrected chi connectivity index (χ1v) is 5.62. The van der Waals surface area contributed by atoms with Gasteiger partial charge in [0.1, 0.15) is 10.8 Å². The van der Waals surface area contributed by atoms with Crippen LogP contribution in [0, 0.1) is 6.92 Å². The van der Waals surface area contributed by atoms with Gasteiger partial charge in [-0.15, -0.1) is 0 Å². The van der Waals surface area contributed by atoms with Crippen molar-refractivity contribution in [2.24, 2.45) is 12.8 Å². The van der Waals surface area contributed by atoms with E-state index in [0.29, 0.717) is 11.5 Å². The van der Waals surface area contributed by atoms with E-state index in [-0.39, 0.29) is 6.61 Å². The van der Waals surface area contributed by atoms with Crippen molar-refractivity contribution < 1.29 is 5.11 Å². The maximum atomic E-state index is 9.02. The topological polar surface area (TPSA) is 67.3 Å². The Bertz CT molecular complexity index is 388. The summed E-state index contributed by atoms with van der Waals surface area (Å²) in [4.78, 5) is 2.35. The van der Waals surface area contributed by atoms with Crippen LogP contribution in [-0.4, -0.2) is 39.6 Å². The summed E-state index contributed by atoms with van der Waals surface area (Å²) >= 11 is 5.04. The highest BCUT2D eigenvalue weighted by atomic mass is 32.1. The van der Waals surface area contributed by atoms with Gasteiger partial charge in [-0.05, 0) is 13.8 Å². The van der Waals surface area contributed by atoms with Crippen molar-refractivity contribution in [1.29, 1.82) is 0 Å². The molecule has 0 radical (unpaired) electrons. The molecule has 0 aromatic carbocycles. The predicted octanol–water partition coefficient (Wildman–Crippen LogP) is 0.181. The molecule has 0 aliphatic heterocycles. The third-order valence-corrected chi connectivity index (χ3v) is 2.69. The number of hydrogen-bond acceptors (Lipinski definition) is 4. The van der Waals surface area contributed by atoms with Gasteiger partial charge in [0.05, 0.1) is 17.9 Å². The quantitative estimate of drug-likeness (QED) is 0.721. The van der Waals surface area contributed by atoms with Crippen molar-refractivity contribution in [2.75, 3.05) is 24.6 Å². The van der Waals surface area contributed by atoms with Crippen LogP contribution in [0.15, 0.2) is 0 Å². The van der Waals surface area contributed by atoms with Crippen LogP contribution in [0.3, 0.4) is 0 Å². The largest absolute Gasteiger partial charge is 0.395 e. The lowest BCUT2D eigenvalue weighted by molar-refractivity contribution is 0.301. The second kappa shape index (κ2) is 5.27. The minimum Gasteiger partial charge on any atom is -0.395 e. The maximum Gasteiger partial charge on any atom is 0.137 e. The molecule has 0 saturated carbocycles. The minimum absolute atomic E-state index is 0.0921. The van der Waals surface area contributed by atoms with E-state index in [4.69, 9.17) is 23.1 Å². The van der Waals surface area contributed by atoms with E-state index in [1.807, 2.05) is 25.8 Å². The van der Waals surface area contributed by atoms with Gasteiger partial charge in [-0.3, -0.25) is 4.68 Å². The monoisotopic (exact) mass is 242 g/mol.